The molecule has 0 saturated carbocycles. The average molecular weight is 1060 g/mol. The van der Waals surface area contributed by atoms with Gasteiger partial charge >= 0.3 is 0 Å². The van der Waals surface area contributed by atoms with Crippen molar-refractivity contribution in [3.05, 3.63) is 146 Å². The van der Waals surface area contributed by atoms with Crippen LogP contribution in [0.1, 0.15) is 213 Å². The molecule has 3 atom stereocenters. The highest BCUT2D eigenvalue weighted by Crippen LogP contribution is 2.38. The van der Waals surface area contributed by atoms with Crippen LogP contribution in [-0.4, -0.2) is 68.5 Å². The molecule has 0 aromatic heterocycles. The van der Waals surface area contributed by atoms with Crippen molar-refractivity contribution in [2.24, 2.45) is 0 Å². The monoisotopic (exact) mass is 1060 g/mol. The lowest BCUT2D eigenvalue weighted by Crippen LogP contribution is -2.45. The number of nitrogens with one attached hydrogen (secondary N) is 1. The summed E-state index contributed by atoms with van der Waals surface area (Å²) in [6.45, 7) is 4.47. The molecule has 2 N–H and O–H groups in total. The number of aliphatic hydroxyl groups is 1. The molecule has 1 amide bonds. The van der Waals surface area contributed by atoms with Gasteiger partial charge in [-0.1, -0.05) is 237 Å². The number of carbonyl (C=O) groups is 1. The van der Waals surface area contributed by atoms with E-state index in [4.69, 9.17) is 9.05 Å². The summed E-state index contributed by atoms with van der Waals surface area (Å²) in [5.41, 5.74) is 0. The van der Waals surface area contributed by atoms with Gasteiger partial charge in [-0.2, -0.15) is 0 Å². The maximum Gasteiger partial charge on any atom is 0.268 e. The van der Waals surface area contributed by atoms with Crippen LogP contribution in [-0.2, 0) is 18.4 Å². The summed E-state index contributed by atoms with van der Waals surface area (Å²) < 4.78 is 23.3. The molecular weight excluding hydrogens is 948 g/mol. The minimum absolute atomic E-state index is 0.0177. The van der Waals surface area contributed by atoms with Gasteiger partial charge in [-0.15, -0.1) is 0 Å². The molecule has 0 aliphatic heterocycles. The third-order valence-electron chi connectivity index (χ3n) is 12.3. The van der Waals surface area contributed by atoms with Crippen LogP contribution in [0.5, 0.6) is 0 Å². The van der Waals surface area contributed by atoms with Crippen LogP contribution < -0.4 is 10.2 Å². The normalized spacial score (nSPS) is 14.9. The van der Waals surface area contributed by atoms with Crippen LogP contribution in [0.3, 0.4) is 0 Å². The van der Waals surface area contributed by atoms with E-state index in [1.54, 1.807) is 6.08 Å². The van der Waals surface area contributed by atoms with E-state index in [2.05, 4.69) is 153 Å². The second-order valence-corrected chi connectivity index (χ2v) is 22.0. The Bertz CT molecular complexity index is 1720. The third kappa shape index (κ3) is 57.9. The highest BCUT2D eigenvalue weighted by molar-refractivity contribution is 7.45. The van der Waals surface area contributed by atoms with Crippen LogP contribution in [0.4, 0.5) is 0 Å². The molecular formula is C66H111N2O6P. The molecule has 0 aliphatic rings. The van der Waals surface area contributed by atoms with Crippen LogP contribution in [0.2, 0.25) is 0 Å². The van der Waals surface area contributed by atoms with Gasteiger partial charge in [0.2, 0.25) is 5.91 Å². The Balaban J connectivity index is 4.21. The quantitative estimate of drug-likeness (QED) is 0.0272. The molecule has 0 radical (unpaired) electrons. The zero-order valence-corrected chi connectivity index (χ0v) is 49.3. The Kier molecular flexibility index (Phi) is 52.5. The topological polar surface area (TPSA) is 108 Å². The molecule has 9 heteroatoms. The maximum absolute atomic E-state index is 13.0. The zero-order chi connectivity index (χ0) is 54.9. The van der Waals surface area contributed by atoms with Gasteiger partial charge in [0, 0.05) is 6.42 Å². The number of nitrogens with zero attached hydrogens (tertiary/aromatic N) is 1. The lowest BCUT2D eigenvalue weighted by atomic mass is 10.1. The lowest BCUT2D eigenvalue weighted by Gasteiger charge is -2.29. The fourth-order valence-electron chi connectivity index (χ4n) is 7.65. The highest BCUT2D eigenvalue weighted by Gasteiger charge is 2.23. The largest absolute Gasteiger partial charge is 0.756 e. The van der Waals surface area contributed by atoms with Crippen molar-refractivity contribution in [1.82, 2.24) is 5.32 Å². The molecule has 426 valence electrons. The number of allylic oxidation sites excluding steroid dienone is 23. The molecule has 3 unspecified atom stereocenters. The molecule has 0 fully saturated rings. The molecule has 0 aliphatic carbocycles. The summed E-state index contributed by atoms with van der Waals surface area (Å²) in [5, 5.41) is 13.8. The van der Waals surface area contributed by atoms with Gasteiger partial charge in [0.05, 0.1) is 39.9 Å². The number of likely N-dealkylation sites (N-methyl/N-ethyl adjacent to an activating group) is 1. The number of hydrogen-bond acceptors (Lipinski definition) is 6. The lowest BCUT2D eigenvalue weighted by molar-refractivity contribution is -0.870. The Morgan fingerprint density at radius 1 is 0.480 bits per heavy atom. The van der Waals surface area contributed by atoms with Gasteiger partial charge in [-0.3, -0.25) is 9.36 Å². The van der Waals surface area contributed by atoms with Gasteiger partial charge in [-0.05, 0) is 116 Å². The number of rotatable bonds is 52. The number of carbonyl (C=O) groups excluding carboxylic acids is 1. The minimum Gasteiger partial charge on any atom is -0.756 e. The van der Waals surface area contributed by atoms with E-state index >= 15 is 0 Å². The van der Waals surface area contributed by atoms with Crippen LogP contribution >= 0.6 is 7.82 Å². The second kappa shape index (κ2) is 55.1. The summed E-state index contributed by atoms with van der Waals surface area (Å²) in [6, 6.07) is -0.923. The first kappa shape index (κ1) is 71.4. The summed E-state index contributed by atoms with van der Waals surface area (Å²) >= 11 is 0. The van der Waals surface area contributed by atoms with Crippen molar-refractivity contribution >= 4 is 13.7 Å². The molecule has 0 spiro atoms. The van der Waals surface area contributed by atoms with Crippen LogP contribution in [0.25, 0.3) is 0 Å². The number of unbranched alkanes of at least 4 members (excludes halogenated alkanes) is 17. The van der Waals surface area contributed by atoms with E-state index < -0.39 is 26.6 Å². The Hall–Kier alpha value is -3.62. The summed E-state index contributed by atoms with van der Waals surface area (Å²) in [7, 11) is 1.21. The molecule has 0 aromatic rings. The van der Waals surface area contributed by atoms with Gasteiger partial charge in [0.15, 0.2) is 0 Å². The first-order valence-corrected chi connectivity index (χ1v) is 31.2. The number of hydrogen-bond donors (Lipinski definition) is 2. The van der Waals surface area contributed by atoms with E-state index in [9.17, 15) is 19.4 Å². The fourth-order valence-corrected chi connectivity index (χ4v) is 8.37. The molecule has 0 heterocycles. The van der Waals surface area contributed by atoms with Crippen LogP contribution in [0.15, 0.2) is 146 Å². The van der Waals surface area contributed by atoms with E-state index in [0.717, 1.165) is 116 Å². The number of amides is 1. The van der Waals surface area contributed by atoms with Gasteiger partial charge in [0.25, 0.3) is 7.82 Å². The van der Waals surface area contributed by atoms with Crippen molar-refractivity contribution in [3.8, 4) is 0 Å². The molecule has 0 aromatic carbocycles. The standard InChI is InChI=1S/C66H111N2O6P/c1-6-8-10-12-14-16-18-20-22-24-25-26-27-28-29-30-31-32-33-34-35-36-37-38-39-40-41-42-43-44-46-48-50-52-54-56-58-60-66(70)67-64(63-74-75(71,72)73-62-61-68(3,4)5)65(69)59-57-55-53-51-49-47-45-23-21-19-17-15-13-11-9-7-2/h8,10,14,16,20-23,25-26,28-29,31-32,34-35,37-38,40-41,49,51,57,59,64-65,69H,6-7,9,11-13,15,17-19,24,27,30,33,36,39,42-48,50,52-56,58,60-63H2,1-5H3,(H-,67,70,71,72)/b10-8-,16-14-,22-20-,23-21+,26-25-,29-28-,32-31-,35-34-,38-37-,41-40-,51-49+,59-57+. The first-order valence-electron chi connectivity index (χ1n) is 29.7. The summed E-state index contributed by atoms with van der Waals surface area (Å²) in [5.74, 6) is -0.225. The SMILES string of the molecule is CC/C=C\C/C=C\C/C=C\C/C=C\C/C=C\C/C=C\C/C=C\C/C=C\C/C=C\CCCCCCCCCCCC(=O)NC(COP(=O)([O-])OCC[N+](C)(C)C)C(O)/C=C/CC/C=C/CC/C=C/CCCCCCCC. The fraction of sp³-hybridized carbons (Fsp3) is 0.621. The minimum atomic E-state index is -4.62. The number of phosphoric ester groups is 1. The first-order chi connectivity index (χ1) is 36.5. The second-order valence-electron chi connectivity index (χ2n) is 20.6. The summed E-state index contributed by atoms with van der Waals surface area (Å²) in [6.07, 6.45) is 85.0. The van der Waals surface area contributed by atoms with E-state index in [1.165, 1.54) is 77.0 Å². The Morgan fingerprint density at radius 3 is 1.24 bits per heavy atom. The van der Waals surface area contributed by atoms with E-state index in [1.807, 2.05) is 27.2 Å². The van der Waals surface area contributed by atoms with Crippen molar-refractivity contribution in [2.45, 2.75) is 225 Å². The van der Waals surface area contributed by atoms with Crippen molar-refractivity contribution in [3.63, 3.8) is 0 Å². The van der Waals surface area contributed by atoms with Gasteiger partial charge < -0.3 is 28.8 Å². The predicted octanol–water partition coefficient (Wildman–Crippen LogP) is 17.8. The average Bonchev–Trinajstić information content (AvgIpc) is 3.37. The van der Waals surface area contributed by atoms with Gasteiger partial charge in [-0.25, -0.2) is 0 Å². The smallest absolute Gasteiger partial charge is 0.268 e. The molecule has 0 saturated heterocycles. The number of phosphoric acid groups is 1. The maximum atomic E-state index is 13.0. The zero-order valence-electron chi connectivity index (χ0n) is 48.4. The van der Waals surface area contributed by atoms with Crippen molar-refractivity contribution in [1.29, 1.82) is 0 Å². The molecule has 8 nitrogen and oxygen atoms in total. The number of quaternary nitrogens is 1. The molecule has 75 heavy (non-hydrogen) atoms. The van der Waals surface area contributed by atoms with Crippen molar-refractivity contribution in [2.75, 3.05) is 40.9 Å². The van der Waals surface area contributed by atoms with E-state index in [-0.39, 0.29) is 12.5 Å². The molecule has 0 rings (SSSR count). The van der Waals surface area contributed by atoms with Crippen LogP contribution in [0, 0.1) is 0 Å². The Labute approximate surface area is 461 Å². The third-order valence-corrected chi connectivity index (χ3v) is 13.2. The Morgan fingerprint density at radius 2 is 0.827 bits per heavy atom. The van der Waals surface area contributed by atoms with Gasteiger partial charge in [0.1, 0.15) is 13.2 Å². The highest BCUT2D eigenvalue weighted by atomic mass is 31.2. The number of aliphatic hydroxyl groups excluding tert-OH is 1. The van der Waals surface area contributed by atoms with E-state index in [0.29, 0.717) is 17.4 Å². The summed E-state index contributed by atoms with van der Waals surface area (Å²) in [4.78, 5) is 25.5. The predicted molar refractivity (Wildman–Crippen MR) is 325 cm³/mol. The van der Waals surface area contributed by atoms with Crippen molar-refractivity contribution < 1.29 is 32.9 Å². The molecule has 0 bridgehead atoms.